The summed E-state index contributed by atoms with van der Waals surface area (Å²) in [7, 11) is 0. The van der Waals surface area contributed by atoms with Crippen molar-refractivity contribution >= 4 is 18.3 Å². The average molecular weight is 317 g/mol. The Morgan fingerprint density at radius 2 is 1.68 bits per heavy atom. The van der Waals surface area contributed by atoms with Gasteiger partial charge in [-0.2, -0.15) is 0 Å². The first kappa shape index (κ1) is 16.5. The van der Waals surface area contributed by atoms with Crippen LogP contribution in [-0.2, 0) is 0 Å². The van der Waals surface area contributed by atoms with Gasteiger partial charge in [0.1, 0.15) is 0 Å². The predicted octanol–water partition coefficient (Wildman–Crippen LogP) is 2.98. The first-order valence-corrected chi connectivity index (χ1v) is 7.31. The van der Waals surface area contributed by atoms with Gasteiger partial charge in [-0.05, 0) is 24.6 Å². The first-order valence-electron chi connectivity index (χ1n) is 7.31. The molecule has 1 saturated heterocycles. The molecule has 1 amide bonds. The van der Waals surface area contributed by atoms with Gasteiger partial charge in [-0.25, -0.2) is 0 Å². The van der Waals surface area contributed by atoms with Crippen molar-refractivity contribution in [1.29, 1.82) is 0 Å². The van der Waals surface area contributed by atoms with E-state index in [-0.39, 0.29) is 30.3 Å². The molecular formula is C18H21ClN2O. The van der Waals surface area contributed by atoms with Crippen LogP contribution in [0.2, 0.25) is 0 Å². The van der Waals surface area contributed by atoms with Crippen molar-refractivity contribution in [3.05, 3.63) is 71.3 Å². The van der Waals surface area contributed by atoms with Crippen molar-refractivity contribution in [1.82, 2.24) is 4.90 Å². The van der Waals surface area contributed by atoms with Crippen LogP contribution in [0.15, 0.2) is 54.6 Å². The third-order valence-corrected chi connectivity index (χ3v) is 4.18. The van der Waals surface area contributed by atoms with E-state index in [2.05, 4.69) is 12.1 Å². The third kappa shape index (κ3) is 3.32. The van der Waals surface area contributed by atoms with Gasteiger partial charge in [0.15, 0.2) is 0 Å². The Bertz CT molecular complexity index is 627. The predicted molar refractivity (Wildman–Crippen MR) is 91.5 cm³/mol. The van der Waals surface area contributed by atoms with Crippen LogP contribution in [0.3, 0.4) is 0 Å². The summed E-state index contributed by atoms with van der Waals surface area (Å²) in [5.41, 5.74) is 9.36. The molecular weight excluding hydrogens is 296 g/mol. The van der Waals surface area contributed by atoms with E-state index in [9.17, 15) is 4.79 Å². The summed E-state index contributed by atoms with van der Waals surface area (Å²) < 4.78 is 0. The molecule has 2 aromatic rings. The number of halogens is 1. The summed E-state index contributed by atoms with van der Waals surface area (Å²) in [5, 5.41) is 0. The number of amides is 1. The molecule has 0 bridgehead atoms. The number of aryl methyl sites for hydroxylation is 1. The standard InChI is InChI=1S/C18H20N2O.ClH/c1-13-7-9-15(10-8-13)18(21)20-11-16(17(19)12-20)14-5-3-2-4-6-14;/h2-10,16-17H,11-12,19H2,1H3;1H/t16-,17+;/m0./s1. The highest BCUT2D eigenvalue weighted by Crippen LogP contribution is 2.27. The Morgan fingerprint density at radius 1 is 1.05 bits per heavy atom. The number of rotatable bonds is 2. The number of hydrogen-bond acceptors (Lipinski definition) is 2. The molecule has 0 spiro atoms. The second-order valence-corrected chi connectivity index (χ2v) is 5.76. The van der Waals surface area contributed by atoms with Crippen molar-refractivity contribution in [3.8, 4) is 0 Å². The Labute approximate surface area is 137 Å². The Morgan fingerprint density at radius 3 is 2.32 bits per heavy atom. The number of hydrogen-bond donors (Lipinski definition) is 1. The summed E-state index contributed by atoms with van der Waals surface area (Å²) in [6.45, 7) is 3.33. The van der Waals surface area contributed by atoms with Crippen LogP contribution in [0.1, 0.15) is 27.4 Å². The van der Waals surface area contributed by atoms with Gasteiger partial charge < -0.3 is 10.6 Å². The fraction of sp³-hybridized carbons (Fsp3) is 0.278. The Kier molecular flexibility index (Phi) is 5.22. The van der Waals surface area contributed by atoms with E-state index in [1.54, 1.807) is 0 Å². The maximum absolute atomic E-state index is 12.6. The van der Waals surface area contributed by atoms with Gasteiger partial charge in [0.2, 0.25) is 0 Å². The zero-order valence-electron chi connectivity index (χ0n) is 12.6. The summed E-state index contributed by atoms with van der Waals surface area (Å²) in [4.78, 5) is 14.4. The maximum Gasteiger partial charge on any atom is 0.253 e. The van der Waals surface area contributed by atoms with E-state index in [1.165, 1.54) is 5.56 Å². The molecule has 1 aliphatic heterocycles. The highest BCUT2D eigenvalue weighted by atomic mass is 35.5. The summed E-state index contributed by atoms with van der Waals surface area (Å²) in [6, 6.07) is 17.9. The van der Waals surface area contributed by atoms with Gasteiger partial charge >= 0.3 is 0 Å². The lowest BCUT2D eigenvalue weighted by Crippen LogP contribution is -2.32. The van der Waals surface area contributed by atoms with E-state index < -0.39 is 0 Å². The summed E-state index contributed by atoms with van der Waals surface area (Å²) in [6.07, 6.45) is 0. The number of carbonyl (C=O) groups excluding carboxylic acids is 1. The molecule has 1 aliphatic rings. The smallest absolute Gasteiger partial charge is 0.253 e. The lowest BCUT2D eigenvalue weighted by Gasteiger charge is -2.16. The monoisotopic (exact) mass is 316 g/mol. The van der Waals surface area contributed by atoms with Gasteiger partial charge in [0, 0.05) is 30.6 Å². The van der Waals surface area contributed by atoms with Gasteiger partial charge in [-0.1, -0.05) is 48.0 Å². The molecule has 2 N–H and O–H groups in total. The minimum absolute atomic E-state index is 0. The fourth-order valence-electron chi connectivity index (χ4n) is 2.93. The van der Waals surface area contributed by atoms with Crippen LogP contribution in [0, 0.1) is 6.92 Å². The zero-order chi connectivity index (χ0) is 14.8. The van der Waals surface area contributed by atoms with Gasteiger partial charge in [0.05, 0.1) is 0 Å². The molecule has 3 rings (SSSR count). The minimum Gasteiger partial charge on any atom is -0.336 e. The third-order valence-electron chi connectivity index (χ3n) is 4.18. The molecule has 1 heterocycles. The van der Waals surface area contributed by atoms with Crippen LogP contribution >= 0.6 is 12.4 Å². The SMILES string of the molecule is Cc1ccc(C(=O)N2C[C@@H](N)[C@H](c3ccccc3)C2)cc1.Cl. The van der Waals surface area contributed by atoms with E-state index in [0.29, 0.717) is 13.1 Å². The molecule has 116 valence electrons. The van der Waals surface area contributed by atoms with Gasteiger partial charge in [-0.15, -0.1) is 12.4 Å². The van der Waals surface area contributed by atoms with Crippen LogP contribution in [0.5, 0.6) is 0 Å². The summed E-state index contributed by atoms with van der Waals surface area (Å²) in [5.74, 6) is 0.296. The number of carbonyl (C=O) groups is 1. The molecule has 1 fully saturated rings. The number of nitrogens with two attached hydrogens (primary N) is 1. The van der Waals surface area contributed by atoms with Gasteiger partial charge in [0.25, 0.3) is 5.91 Å². The quantitative estimate of drug-likeness (QED) is 0.926. The van der Waals surface area contributed by atoms with Crippen molar-refractivity contribution in [3.63, 3.8) is 0 Å². The van der Waals surface area contributed by atoms with Crippen molar-refractivity contribution in [2.45, 2.75) is 18.9 Å². The average Bonchev–Trinajstić information content (AvgIpc) is 2.90. The van der Waals surface area contributed by atoms with Crippen molar-refractivity contribution in [2.75, 3.05) is 13.1 Å². The molecule has 0 aliphatic carbocycles. The van der Waals surface area contributed by atoms with Crippen LogP contribution in [0.4, 0.5) is 0 Å². The second-order valence-electron chi connectivity index (χ2n) is 5.76. The van der Waals surface area contributed by atoms with E-state index >= 15 is 0 Å². The number of benzene rings is 2. The number of likely N-dealkylation sites (tertiary alicyclic amines) is 1. The van der Waals surface area contributed by atoms with Crippen molar-refractivity contribution in [2.24, 2.45) is 5.73 Å². The summed E-state index contributed by atoms with van der Waals surface area (Å²) >= 11 is 0. The first-order chi connectivity index (χ1) is 10.1. The largest absolute Gasteiger partial charge is 0.336 e. The maximum atomic E-state index is 12.6. The highest BCUT2D eigenvalue weighted by Gasteiger charge is 2.34. The lowest BCUT2D eigenvalue weighted by molar-refractivity contribution is 0.0789. The van der Waals surface area contributed by atoms with E-state index in [0.717, 1.165) is 11.1 Å². The molecule has 3 nitrogen and oxygen atoms in total. The fourth-order valence-corrected chi connectivity index (χ4v) is 2.93. The molecule has 4 heteroatoms. The van der Waals surface area contributed by atoms with Crippen molar-refractivity contribution < 1.29 is 4.79 Å². The molecule has 0 aromatic heterocycles. The Balaban J connectivity index is 0.00000176. The normalized spacial score (nSPS) is 20.5. The lowest BCUT2D eigenvalue weighted by atomic mass is 9.95. The topological polar surface area (TPSA) is 46.3 Å². The molecule has 2 aromatic carbocycles. The van der Waals surface area contributed by atoms with Crippen LogP contribution < -0.4 is 5.73 Å². The minimum atomic E-state index is 0. The Hall–Kier alpha value is -1.84. The highest BCUT2D eigenvalue weighted by molar-refractivity contribution is 5.94. The second kappa shape index (κ2) is 6.95. The molecule has 22 heavy (non-hydrogen) atoms. The molecule has 0 radical (unpaired) electrons. The molecule has 0 unspecified atom stereocenters. The molecule has 2 atom stereocenters. The van der Waals surface area contributed by atoms with E-state index in [1.807, 2.05) is 54.3 Å². The zero-order valence-corrected chi connectivity index (χ0v) is 13.4. The van der Waals surface area contributed by atoms with Crippen LogP contribution in [-0.4, -0.2) is 29.9 Å². The van der Waals surface area contributed by atoms with E-state index in [4.69, 9.17) is 5.73 Å². The van der Waals surface area contributed by atoms with Crippen LogP contribution in [0.25, 0.3) is 0 Å². The molecule has 0 saturated carbocycles. The number of nitrogens with zero attached hydrogens (tertiary/aromatic N) is 1. The van der Waals surface area contributed by atoms with Gasteiger partial charge in [-0.3, -0.25) is 4.79 Å².